The minimum Gasteiger partial charge on any atom is -0.756 e. The van der Waals surface area contributed by atoms with E-state index in [1.165, 1.54) is 135 Å². The average molecular weight is 1080 g/mol. The molecule has 0 rings (SSSR count). The zero-order valence-corrected chi connectivity index (χ0v) is 50.8. The van der Waals surface area contributed by atoms with Gasteiger partial charge < -0.3 is 28.8 Å². The van der Waals surface area contributed by atoms with Gasteiger partial charge >= 0.3 is 0 Å². The zero-order chi connectivity index (χ0) is 55.6. The predicted molar refractivity (Wildman–Crippen MR) is 329 cm³/mol. The van der Waals surface area contributed by atoms with Crippen molar-refractivity contribution in [2.75, 3.05) is 40.9 Å². The topological polar surface area (TPSA) is 108 Å². The molecule has 0 aromatic rings. The molecular formula is C67H119N2O6P. The summed E-state index contributed by atoms with van der Waals surface area (Å²) in [6.07, 6.45) is 82.7. The van der Waals surface area contributed by atoms with Crippen LogP contribution < -0.4 is 10.2 Å². The highest BCUT2D eigenvalue weighted by Crippen LogP contribution is 2.38. The number of carbonyl (C=O) groups is 1. The maximum atomic E-state index is 13.0. The molecule has 0 aromatic carbocycles. The highest BCUT2D eigenvalue weighted by molar-refractivity contribution is 7.45. The molecule has 2 N–H and O–H groups in total. The molecule has 76 heavy (non-hydrogen) atoms. The number of likely N-dealkylation sites (N-methyl/N-ethyl adjacent to an activating group) is 1. The number of allylic oxidation sites excluding steroid dienone is 18. The van der Waals surface area contributed by atoms with Crippen molar-refractivity contribution in [1.29, 1.82) is 0 Å². The Morgan fingerprint density at radius 1 is 0.474 bits per heavy atom. The molecule has 1 amide bonds. The Balaban J connectivity index is 4.06. The van der Waals surface area contributed by atoms with Crippen molar-refractivity contribution >= 4 is 13.7 Å². The molecule has 0 aromatic heterocycles. The van der Waals surface area contributed by atoms with Crippen LogP contribution in [0.2, 0.25) is 0 Å². The number of carbonyl (C=O) groups excluding carboxylic acids is 1. The summed E-state index contributed by atoms with van der Waals surface area (Å²) in [7, 11) is 1.30. The molecule has 0 fully saturated rings. The van der Waals surface area contributed by atoms with Gasteiger partial charge in [0.15, 0.2) is 0 Å². The van der Waals surface area contributed by atoms with Crippen molar-refractivity contribution in [1.82, 2.24) is 5.32 Å². The summed E-state index contributed by atoms with van der Waals surface area (Å²) >= 11 is 0. The van der Waals surface area contributed by atoms with Gasteiger partial charge in [-0.3, -0.25) is 9.36 Å². The maximum absolute atomic E-state index is 13.0. The Morgan fingerprint density at radius 3 is 1.17 bits per heavy atom. The van der Waals surface area contributed by atoms with Crippen LogP contribution in [-0.4, -0.2) is 68.5 Å². The Bertz CT molecular complexity index is 1600. The first kappa shape index (κ1) is 73.2. The third kappa shape index (κ3) is 58.8. The lowest BCUT2D eigenvalue weighted by Crippen LogP contribution is -2.46. The third-order valence-corrected chi connectivity index (χ3v) is 14.5. The third-order valence-electron chi connectivity index (χ3n) is 13.5. The second-order valence-electron chi connectivity index (χ2n) is 22.0. The molecule has 0 aliphatic carbocycles. The summed E-state index contributed by atoms with van der Waals surface area (Å²) in [6, 6.07) is -0.808. The molecule has 0 bridgehead atoms. The van der Waals surface area contributed by atoms with Gasteiger partial charge in [0.05, 0.1) is 39.9 Å². The molecule has 3 atom stereocenters. The SMILES string of the molecule is CC/C=C\C/C=C\C/C=C\C/C=C\C/C=C\C/C=C\C/C=C\C/C=C\C/C=C\CCCCCCCCCCCCCC(=O)NC(COP(=O)([O-])OCC[N+](C)(C)C)C(O)CCCCCCCCCCCCCCCCC. The molecule has 438 valence electrons. The predicted octanol–water partition coefficient (Wildman–Crippen LogP) is 18.9. The van der Waals surface area contributed by atoms with Crippen molar-refractivity contribution in [3.8, 4) is 0 Å². The lowest BCUT2D eigenvalue weighted by molar-refractivity contribution is -0.870. The molecule has 9 heteroatoms. The number of unbranched alkanes of at least 4 members (excludes halogenated alkanes) is 25. The van der Waals surface area contributed by atoms with Crippen LogP contribution in [-0.2, 0) is 18.4 Å². The Labute approximate surface area is 470 Å². The highest BCUT2D eigenvalue weighted by Gasteiger charge is 2.24. The van der Waals surface area contributed by atoms with Crippen molar-refractivity contribution in [3.63, 3.8) is 0 Å². The van der Waals surface area contributed by atoms with E-state index in [-0.39, 0.29) is 19.1 Å². The maximum Gasteiger partial charge on any atom is 0.268 e. The summed E-state index contributed by atoms with van der Waals surface area (Å²) in [6.45, 7) is 4.61. The number of phosphoric acid groups is 1. The molecular weight excluding hydrogens is 960 g/mol. The van der Waals surface area contributed by atoms with E-state index < -0.39 is 20.0 Å². The fourth-order valence-corrected chi connectivity index (χ4v) is 9.40. The van der Waals surface area contributed by atoms with Gasteiger partial charge in [-0.1, -0.05) is 277 Å². The first-order chi connectivity index (χ1) is 37.0. The first-order valence-corrected chi connectivity index (χ1v) is 32.7. The highest BCUT2D eigenvalue weighted by atomic mass is 31.2. The van der Waals surface area contributed by atoms with Gasteiger partial charge in [-0.2, -0.15) is 0 Å². The van der Waals surface area contributed by atoms with Crippen LogP contribution in [0.3, 0.4) is 0 Å². The van der Waals surface area contributed by atoms with Crippen molar-refractivity contribution < 1.29 is 32.9 Å². The summed E-state index contributed by atoms with van der Waals surface area (Å²) < 4.78 is 23.4. The number of nitrogens with one attached hydrogen (secondary N) is 1. The molecule has 0 heterocycles. The molecule has 0 radical (unpaired) electrons. The van der Waals surface area contributed by atoms with Crippen LogP contribution in [0, 0.1) is 0 Å². The van der Waals surface area contributed by atoms with Crippen LogP contribution in [0.4, 0.5) is 0 Å². The summed E-state index contributed by atoms with van der Waals surface area (Å²) in [5, 5.41) is 14.0. The van der Waals surface area contributed by atoms with Gasteiger partial charge in [0, 0.05) is 6.42 Å². The number of hydrogen-bond acceptors (Lipinski definition) is 6. The fraction of sp³-hybridized carbons (Fsp3) is 0.716. The smallest absolute Gasteiger partial charge is 0.268 e. The monoisotopic (exact) mass is 1080 g/mol. The van der Waals surface area contributed by atoms with Crippen LogP contribution in [0.1, 0.15) is 258 Å². The van der Waals surface area contributed by atoms with E-state index in [4.69, 9.17) is 9.05 Å². The van der Waals surface area contributed by atoms with Gasteiger partial charge in [-0.15, -0.1) is 0 Å². The van der Waals surface area contributed by atoms with Crippen LogP contribution in [0.25, 0.3) is 0 Å². The number of phosphoric ester groups is 1. The number of quaternary nitrogens is 1. The summed E-state index contributed by atoms with van der Waals surface area (Å²) in [4.78, 5) is 25.5. The van der Waals surface area contributed by atoms with Crippen molar-refractivity contribution in [3.05, 3.63) is 109 Å². The van der Waals surface area contributed by atoms with Crippen LogP contribution >= 0.6 is 7.82 Å². The van der Waals surface area contributed by atoms with E-state index in [1.807, 2.05) is 21.1 Å². The van der Waals surface area contributed by atoms with Gasteiger partial charge in [0.25, 0.3) is 7.82 Å². The standard InChI is InChI=1S/C67H119N2O6P/c1-6-8-10-12-14-16-18-20-22-23-24-25-26-27-28-29-30-31-32-33-34-35-36-37-38-39-40-41-42-43-44-45-47-49-51-53-55-57-59-61-67(71)68-65(64-75-76(72,73)74-63-62-69(3,4)5)66(70)60-58-56-54-52-50-48-46-21-19-17-15-13-11-9-7-2/h8,10,14,16,20,22,24-25,27-28,30-31,33-34,36-37,39-40,65-66,70H,6-7,9,11-13,15,17-19,21,23,26,29,32,35,38,41-64H2,1-5H3,(H-,68,71,72,73)/b10-8-,16-14-,22-20-,25-24-,28-27-,31-30-,34-33-,37-36-,40-39-. The molecule has 0 spiro atoms. The second-order valence-corrected chi connectivity index (χ2v) is 23.4. The quantitative estimate of drug-likeness (QED) is 0.0272. The Kier molecular flexibility index (Phi) is 54.7. The van der Waals surface area contributed by atoms with E-state index in [1.54, 1.807) is 0 Å². The van der Waals surface area contributed by atoms with Gasteiger partial charge in [0.1, 0.15) is 13.2 Å². The largest absolute Gasteiger partial charge is 0.756 e. The molecule has 0 saturated heterocycles. The fourth-order valence-electron chi connectivity index (χ4n) is 8.68. The molecule has 3 unspecified atom stereocenters. The number of aliphatic hydroxyl groups excluding tert-OH is 1. The van der Waals surface area contributed by atoms with Gasteiger partial charge in [0.2, 0.25) is 5.91 Å². The van der Waals surface area contributed by atoms with E-state index in [9.17, 15) is 19.4 Å². The minimum atomic E-state index is -4.58. The Morgan fingerprint density at radius 2 is 0.803 bits per heavy atom. The van der Waals surface area contributed by atoms with E-state index >= 15 is 0 Å². The number of aliphatic hydroxyl groups is 1. The van der Waals surface area contributed by atoms with Crippen LogP contribution in [0.5, 0.6) is 0 Å². The lowest BCUT2D eigenvalue weighted by atomic mass is 10.0. The number of amides is 1. The molecule has 0 aliphatic heterocycles. The molecule has 0 saturated carbocycles. The summed E-state index contributed by atoms with van der Waals surface area (Å²) in [5.74, 6) is -0.171. The Hall–Kier alpha value is -2.84. The molecule has 8 nitrogen and oxygen atoms in total. The number of nitrogens with zero attached hydrogens (tertiary/aromatic N) is 1. The van der Waals surface area contributed by atoms with Crippen LogP contribution in [0.15, 0.2) is 109 Å². The first-order valence-electron chi connectivity index (χ1n) is 31.2. The lowest BCUT2D eigenvalue weighted by Gasteiger charge is -2.30. The normalized spacial score (nSPS) is 14.6. The van der Waals surface area contributed by atoms with Crippen molar-refractivity contribution in [2.45, 2.75) is 270 Å². The van der Waals surface area contributed by atoms with E-state index in [0.717, 1.165) is 96.3 Å². The zero-order valence-electron chi connectivity index (χ0n) is 49.9. The summed E-state index contributed by atoms with van der Waals surface area (Å²) in [5.41, 5.74) is 0. The number of rotatable bonds is 56. The minimum absolute atomic E-state index is 0.00773. The van der Waals surface area contributed by atoms with E-state index in [0.29, 0.717) is 23.9 Å². The van der Waals surface area contributed by atoms with Crippen molar-refractivity contribution in [2.24, 2.45) is 0 Å². The number of hydrogen-bond donors (Lipinski definition) is 2. The van der Waals surface area contributed by atoms with E-state index in [2.05, 4.69) is 129 Å². The average Bonchev–Trinajstić information content (AvgIpc) is 3.38. The molecule has 0 aliphatic rings. The second kappa shape index (κ2) is 56.9. The van der Waals surface area contributed by atoms with Gasteiger partial charge in [-0.05, 0) is 83.5 Å². The van der Waals surface area contributed by atoms with Gasteiger partial charge in [-0.25, -0.2) is 0 Å².